The van der Waals surface area contributed by atoms with Crippen molar-refractivity contribution in [3.8, 4) is 11.3 Å². The minimum absolute atomic E-state index is 0.476. The van der Waals surface area contributed by atoms with Crippen molar-refractivity contribution in [3.05, 3.63) is 59.3 Å². The Morgan fingerprint density at radius 2 is 1.91 bits per heavy atom. The largest absolute Gasteiger partial charge is 0.325 e. The molecule has 0 aliphatic heterocycles. The van der Waals surface area contributed by atoms with Gasteiger partial charge >= 0.3 is 0 Å². The first-order valence-electron chi connectivity index (χ1n) is 7.35. The minimum Gasteiger partial charge on any atom is -0.325 e. The molecule has 0 fully saturated rings. The summed E-state index contributed by atoms with van der Waals surface area (Å²) in [5.74, 6) is 0. The van der Waals surface area contributed by atoms with E-state index in [1.165, 1.54) is 21.3 Å². The van der Waals surface area contributed by atoms with Crippen LogP contribution in [0.3, 0.4) is 0 Å². The highest BCUT2D eigenvalue weighted by molar-refractivity contribution is 7.23. The fraction of sp³-hybridized carbons (Fsp3) is 0.167. The Kier molecular flexibility index (Phi) is 3.03. The summed E-state index contributed by atoms with van der Waals surface area (Å²) in [6, 6.07) is 14.9. The standard InChI is InChI=1S/C18H17N3S/c1-11-7-8-13(9-12(11)2)17-15(10-19)21-14-5-3-4-6-16(14)22-18(21)20-17/h3-9H,10,19H2,1-2H3. The lowest BCUT2D eigenvalue weighted by Gasteiger charge is -2.06. The number of aryl methyl sites for hydroxylation is 2. The molecule has 0 spiro atoms. The number of hydrogen-bond donors (Lipinski definition) is 1. The van der Waals surface area contributed by atoms with Crippen LogP contribution < -0.4 is 5.73 Å². The van der Waals surface area contributed by atoms with Crippen molar-refractivity contribution in [2.24, 2.45) is 5.73 Å². The van der Waals surface area contributed by atoms with E-state index in [4.69, 9.17) is 10.7 Å². The van der Waals surface area contributed by atoms with Gasteiger partial charge in [0.15, 0.2) is 4.96 Å². The normalized spacial score (nSPS) is 11.6. The molecule has 2 heterocycles. The Morgan fingerprint density at radius 1 is 1.09 bits per heavy atom. The van der Waals surface area contributed by atoms with Crippen LogP contribution in [0, 0.1) is 13.8 Å². The number of imidazole rings is 1. The average molecular weight is 307 g/mol. The van der Waals surface area contributed by atoms with Gasteiger partial charge in [-0.3, -0.25) is 4.40 Å². The smallest absolute Gasteiger partial charge is 0.195 e. The van der Waals surface area contributed by atoms with Gasteiger partial charge in [-0.1, -0.05) is 35.6 Å². The van der Waals surface area contributed by atoms with Gasteiger partial charge in [0.05, 0.1) is 21.6 Å². The highest BCUT2D eigenvalue weighted by Crippen LogP contribution is 2.33. The average Bonchev–Trinajstić information content (AvgIpc) is 3.05. The zero-order valence-electron chi connectivity index (χ0n) is 12.6. The summed E-state index contributed by atoms with van der Waals surface area (Å²) in [5.41, 5.74) is 13.0. The molecule has 4 heteroatoms. The van der Waals surface area contributed by atoms with Crippen LogP contribution in [0.2, 0.25) is 0 Å². The van der Waals surface area contributed by atoms with Gasteiger partial charge in [-0.2, -0.15) is 0 Å². The summed E-state index contributed by atoms with van der Waals surface area (Å²) in [6.07, 6.45) is 0. The molecule has 2 aromatic carbocycles. The van der Waals surface area contributed by atoms with Crippen LogP contribution in [-0.4, -0.2) is 9.38 Å². The summed E-state index contributed by atoms with van der Waals surface area (Å²) < 4.78 is 3.44. The third-order valence-electron chi connectivity index (χ3n) is 4.22. The SMILES string of the molecule is Cc1ccc(-c2nc3sc4ccccc4n3c2CN)cc1C. The van der Waals surface area contributed by atoms with Gasteiger partial charge in [0.25, 0.3) is 0 Å². The second-order valence-corrected chi connectivity index (χ2v) is 6.61. The molecule has 3 nitrogen and oxygen atoms in total. The van der Waals surface area contributed by atoms with Crippen LogP contribution in [0.1, 0.15) is 16.8 Å². The molecule has 0 saturated carbocycles. The van der Waals surface area contributed by atoms with Crippen LogP contribution in [0.5, 0.6) is 0 Å². The molecule has 0 radical (unpaired) electrons. The number of aromatic nitrogens is 2. The second-order valence-electron chi connectivity index (χ2n) is 5.60. The molecular weight excluding hydrogens is 290 g/mol. The van der Waals surface area contributed by atoms with E-state index in [0.29, 0.717) is 6.54 Å². The Morgan fingerprint density at radius 3 is 2.68 bits per heavy atom. The van der Waals surface area contributed by atoms with Gasteiger partial charge in [-0.15, -0.1) is 0 Å². The molecule has 0 atom stereocenters. The third-order valence-corrected chi connectivity index (χ3v) is 5.24. The van der Waals surface area contributed by atoms with Gasteiger partial charge in [0, 0.05) is 12.1 Å². The van der Waals surface area contributed by atoms with E-state index < -0.39 is 0 Å². The zero-order valence-corrected chi connectivity index (χ0v) is 13.4. The maximum absolute atomic E-state index is 6.06. The lowest BCUT2D eigenvalue weighted by Crippen LogP contribution is -2.02. The van der Waals surface area contributed by atoms with Crippen molar-refractivity contribution in [1.82, 2.24) is 9.38 Å². The molecule has 2 N–H and O–H groups in total. The number of para-hydroxylation sites is 1. The third kappa shape index (κ3) is 1.88. The number of rotatable bonds is 2. The fourth-order valence-electron chi connectivity index (χ4n) is 2.88. The van der Waals surface area contributed by atoms with Gasteiger partial charge in [-0.05, 0) is 43.2 Å². The monoisotopic (exact) mass is 307 g/mol. The molecule has 110 valence electrons. The van der Waals surface area contributed by atoms with Crippen LogP contribution in [0.25, 0.3) is 26.4 Å². The first kappa shape index (κ1) is 13.5. The number of nitrogens with zero attached hydrogens (tertiary/aromatic N) is 2. The molecule has 22 heavy (non-hydrogen) atoms. The molecule has 0 aliphatic rings. The van der Waals surface area contributed by atoms with Gasteiger partial charge in [-0.25, -0.2) is 4.98 Å². The molecule has 4 aromatic rings. The molecule has 0 saturated heterocycles. The lowest BCUT2D eigenvalue weighted by molar-refractivity contribution is 0.986. The predicted molar refractivity (Wildman–Crippen MR) is 93.4 cm³/mol. The number of thiazole rings is 1. The number of fused-ring (bicyclic) bond motifs is 3. The van der Waals surface area contributed by atoms with E-state index in [1.807, 2.05) is 0 Å². The number of hydrogen-bond acceptors (Lipinski definition) is 3. The molecule has 2 aromatic heterocycles. The van der Waals surface area contributed by atoms with E-state index in [2.05, 4.69) is 60.7 Å². The lowest BCUT2D eigenvalue weighted by atomic mass is 10.0. The molecule has 0 bridgehead atoms. The van der Waals surface area contributed by atoms with E-state index in [9.17, 15) is 0 Å². The molecule has 0 amide bonds. The first-order valence-corrected chi connectivity index (χ1v) is 8.17. The molecule has 4 rings (SSSR count). The topological polar surface area (TPSA) is 43.3 Å². The van der Waals surface area contributed by atoms with E-state index in [0.717, 1.165) is 21.9 Å². The Bertz CT molecular complexity index is 994. The number of nitrogens with two attached hydrogens (primary N) is 1. The maximum Gasteiger partial charge on any atom is 0.195 e. The van der Waals surface area contributed by atoms with E-state index in [-0.39, 0.29) is 0 Å². The predicted octanol–water partition coefficient (Wildman–Crippen LogP) is 4.29. The van der Waals surface area contributed by atoms with Crippen molar-refractivity contribution in [3.63, 3.8) is 0 Å². The summed E-state index contributed by atoms with van der Waals surface area (Å²) in [6.45, 7) is 4.74. The van der Waals surface area contributed by atoms with Crippen molar-refractivity contribution in [2.45, 2.75) is 20.4 Å². The van der Waals surface area contributed by atoms with Crippen molar-refractivity contribution < 1.29 is 0 Å². The first-order chi connectivity index (χ1) is 10.7. The molecule has 0 aliphatic carbocycles. The molecular formula is C18H17N3S. The molecule has 0 unspecified atom stereocenters. The Labute approximate surface area is 133 Å². The summed E-state index contributed by atoms with van der Waals surface area (Å²) in [5, 5.41) is 0. The Balaban J connectivity index is 2.03. The second kappa shape index (κ2) is 4.93. The van der Waals surface area contributed by atoms with Gasteiger partial charge in [0.1, 0.15) is 0 Å². The Hall–Kier alpha value is -2.17. The summed E-state index contributed by atoms with van der Waals surface area (Å²) in [7, 11) is 0. The van der Waals surface area contributed by atoms with Gasteiger partial charge < -0.3 is 5.73 Å². The van der Waals surface area contributed by atoms with Crippen LogP contribution >= 0.6 is 11.3 Å². The maximum atomic E-state index is 6.06. The van der Waals surface area contributed by atoms with Crippen LogP contribution in [0.4, 0.5) is 0 Å². The summed E-state index contributed by atoms with van der Waals surface area (Å²) in [4.78, 5) is 5.87. The van der Waals surface area contributed by atoms with E-state index >= 15 is 0 Å². The van der Waals surface area contributed by atoms with Crippen molar-refractivity contribution >= 4 is 26.5 Å². The van der Waals surface area contributed by atoms with Crippen LogP contribution in [-0.2, 0) is 6.54 Å². The fourth-order valence-corrected chi connectivity index (χ4v) is 3.93. The van der Waals surface area contributed by atoms with E-state index in [1.54, 1.807) is 11.3 Å². The highest BCUT2D eigenvalue weighted by atomic mass is 32.1. The minimum atomic E-state index is 0.476. The van der Waals surface area contributed by atoms with Crippen molar-refractivity contribution in [2.75, 3.05) is 0 Å². The van der Waals surface area contributed by atoms with Crippen molar-refractivity contribution in [1.29, 1.82) is 0 Å². The quantitative estimate of drug-likeness (QED) is 0.600. The summed E-state index contributed by atoms with van der Waals surface area (Å²) >= 11 is 1.71. The zero-order chi connectivity index (χ0) is 15.3. The van der Waals surface area contributed by atoms with Gasteiger partial charge in [0.2, 0.25) is 0 Å². The highest BCUT2D eigenvalue weighted by Gasteiger charge is 2.17. The number of benzene rings is 2. The van der Waals surface area contributed by atoms with Crippen LogP contribution in [0.15, 0.2) is 42.5 Å².